The summed E-state index contributed by atoms with van der Waals surface area (Å²) < 4.78 is 0. The first-order valence-corrected chi connectivity index (χ1v) is 10.1. The van der Waals surface area contributed by atoms with Gasteiger partial charge in [-0.1, -0.05) is 96.8 Å². The van der Waals surface area contributed by atoms with E-state index in [0.29, 0.717) is 6.42 Å². The van der Waals surface area contributed by atoms with E-state index in [1.165, 1.54) is 89.9 Å². The first-order valence-electron chi connectivity index (χ1n) is 10.1. The average molecular weight is 327 g/mol. The summed E-state index contributed by atoms with van der Waals surface area (Å²) in [5.74, 6) is 0.143. The van der Waals surface area contributed by atoms with Crippen LogP contribution in [-0.2, 0) is 4.79 Å². The van der Waals surface area contributed by atoms with E-state index < -0.39 is 0 Å². The highest BCUT2D eigenvalue weighted by molar-refractivity contribution is 5.75. The Morgan fingerprint density at radius 1 is 0.652 bits per heavy atom. The van der Waals surface area contributed by atoms with Gasteiger partial charge in [0, 0.05) is 20.5 Å². The van der Waals surface area contributed by atoms with E-state index in [1.807, 2.05) is 14.1 Å². The van der Waals surface area contributed by atoms with Gasteiger partial charge in [-0.15, -0.1) is 0 Å². The molecule has 23 heavy (non-hydrogen) atoms. The first kappa shape index (κ1) is 22.4. The van der Waals surface area contributed by atoms with Gasteiger partial charge in [-0.25, -0.2) is 5.01 Å². The maximum Gasteiger partial charge on any atom is 0.234 e. The Morgan fingerprint density at radius 3 is 1.35 bits per heavy atom. The minimum atomic E-state index is 0.143. The standard InChI is InChI=1S/C20H42N2O/c1-4-5-6-7-8-9-10-11-12-13-14-15-16-17-18-19-20(23)21-22(2)3/h4-19H2,1-3H3,(H,21,23). The van der Waals surface area contributed by atoms with Crippen LogP contribution in [0.1, 0.15) is 110 Å². The molecular weight excluding hydrogens is 284 g/mol. The topological polar surface area (TPSA) is 32.3 Å². The van der Waals surface area contributed by atoms with Gasteiger partial charge in [-0.3, -0.25) is 10.2 Å². The van der Waals surface area contributed by atoms with E-state index in [1.54, 1.807) is 5.01 Å². The number of hydrogen-bond donors (Lipinski definition) is 1. The molecule has 0 heterocycles. The summed E-state index contributed by atoms with van der Waals surface area (Å²) in [6, 6.07) is 0. The molecule has 0 aliphatic rings. The third-order valence-electron chi connectivity index (χ3n) is 4.36. The molecule has 0 aromatic rings. The molecule has 0 aliphatic heterocycles. The molecule has 138 valence electrons. The highest BCUT2D eigenvalue weighted by Crippen LogP contribution is 2.13. The Labute approximate surface area is 145 Å². The molecule has 1 N–H and O–H groups in total. The van der Waals surface area contributed by atoms with Crippen LogP contribution in [0.2, 0.25) is 0 Å². The van der Waals surface area contributed by atoms with Gasteiger partial charge in [0.1, 0.15) is 0 Å². The van der Waals surface area contributed by atoms with Gasteiger partial charge < -0.3 is 0 Å². The number of hydrogen-bond acceptors (Lipinski definition) is 2. The minimum Gasteiger partial charge on any atom is -0.289 e. The predicted molar refractivity (Wildman–Crippen MR) is 101 cm³/mol. The van der Waals surface area contributed by atoms with Crippen molar-refractivity contribution in [3.8, 4) is 0 Å². The van der Waals surface area contributed by atoms with E-state index in [-0.39, 0.29) is 5.91 Å². The summed E-state index contributed by atoms with van der Waals surface area (Å²) in [5, 5.41) is 1.72. The zero-order valence-corrected chi connectivity index (χ0v) is 16.2. The van der Waals surface area contributed by atoms with Crippen LogP contribution >= 0.6 is 0 Å². The van der Waals surface area contributed by atoms with Gasteiger partial charge in [-0.2, -0.15) is 0 Å². The Hall–Kier alpha value is -0.570. The zero-order valence-electron chi connectivity index (χ0n) is 16.2. The number of carbonyl (C=O) groups is 1. The van der Waals surface area contributed by atoms with E-state index in [2.05, 4.69) is 12.3 Å². The van der Waals surface area contributed by atoms with E-state index in [4.69, 9.17) is 0 Å². The van der Waals surface area contributed by atoms with Crippen molar-refractivity contribution in [1.29, 1.82) is 0 Å². The summed E-state index contributed by atoms with van der Waals surface area (Å²) in [5.41, 5.74) is 2.79. The van der Waals surface area contributed by atoms with Crippen LogP contribution in [-0.4, -0.2) is 25.0 Å². The average Bonchev–Trinajstić information content (AvgIpc) is 2.50. The maximum atomic E-state index is 11.4. The molecule has 0 aromatic carbocycles. The third-order valence-corrected chi connectivity index (χ3v) is 4.36. The minimum absolute atomic E-state index is 0.143. The number of nitrogens with one attached hydrogen (secondary N) is 1. The monoisotopic (exact) mass is 326 g/mol. The quantitative estimate of drug-likeness (QED) is 0.269. The summed E-state index contributed by atoms with van der Waals surface area (Å²) in [7, 11) is 3.70. The molecule has 0 atom stereocenters. The molecule has 0 unspecified atom stereocenters. The fourth-order valence-electron chi connectivity index (χ4n) is 2.96. The molecular formula is C20H42N2O. The SMILES string of the molecule is CCCCCCCCCCCCCCCCCC(=O)NN(C)C. The number of unbranched alkanes of at least 4 members (excludes halogenated alkanes) is 14. The molecule has 0 bridgehead atoms. The van der Waals surface area contributed by atoms with Gasteiger partial charge in [0.15, 0.2) is 0 Å². The van der Waals surface area contributed by atoms with Crippen LogP contribution in [0.25, 0.3) is 0 Å². The van der Waals surface area contributed by atoms with Crippen LogP contribution < -0.4 is 5.43 Å². The van der Waals surface area contributed by atoms with E-state index >= 15 is 0 Å². The summed E-state index contributed by atoms with van der Waals surface area (Å²) in [4.78, 5) is 11.4. The number of nitrogens with zero attached hydrogens (tertiary/aromatic N) is 1. The van der Waals surface area contributed by atoms with E-state index in [9.17, 15) is 4.79 Å². The lowest BCUT2D eigenvalue weighted by Crippen LogP contribution is -2.35. The molecule has 0 saturated heterocycles. The van der Waals surface area contributed by atoms with Gasteiger partial charge in [-0.05, 0) is 6.42 Å². The third kappa shape index (κ3) is 19.4. The van der Waals surface area contributed by atoms with Crippen molar-refractivity contribution >= 4 is 5.91 Å². The molecule has 0 aromatic heterocycles. The maximum absolute atomic E-state index is 11.4. The Morgan fingerprint density at radius 2 is 1.00 bits per heavy atom. The summed E-state index contributed by atoms with van der Waals surface area (Å²) in [6.45, 7) is 2.28. The molecule has 0 aliphatic carbocycles. The van der Waals surface area contributed by atoms with Crippen molar-refractivity contribution in [2.45, 2.75) is 110 Å². The van der Waals surface area contributed by atoms with Gasteiger partial charge >= 0.3 is 0 Å². The molecule has 0 rings (SSSR count). The van der Waals surface area contributed by atoms with E-state index in [0.717, 1.165) is 6.42 Å². The fraction of sp³-hybridized carbons (Fsp3) is 0.950. The lowest BCUT2D eigenvalue weighted by Gasteiger charge is -2.11. The zero-order chi connectivity index (χ0) is 17.2. The van der Waals surface area contributed by atoms with Gasteiger partial charge in [0.05, 0.1) is 0 Å². The summed E-state index contributed by atoms with van der Waals surface area (Å²) in [6.07, 6.45) is 21.1. The second kappa shape index (κ2) is 17.8. The smallest absolute Gasteiger partial charge is 0.234 e. The highest BCUT2D eigenvalue weighted by atomic mass is 16.2. The lowest BCUT2D eigenvalue weighted by atomic mass is 10.0. The number of carbonyl (C=O) groups excluding carboxylic acids is 1. The second-order valence-corrected chi connectivity index (χ2v) is 7.13. The lowest BCUT2D eigenvalue weighted by molar-refractivity contribution is -0.124. The number of rotatable bonds is 17. The second-order valence-electron chi connectivity index (χ2n) is 7.13. The van der Waals surface area contributed by atoms with Crippen LogP contribution in [0.5, 0.6) is 0 Å². The van der Waals surface area contributed by atoms with Crippen molar-refractivity contribution in [3.05, 3.63) is 0 Å². The van der Waals surface area contributed by atoms with Crippen molar-refractivity contribution in [2.24, 2.45) is 0 Å². The van der Waals surface area contributed by atoms with Crippen LogP contribution in [0.15, 0.2) is 0 Å². The van der Waals surface area contributed by atoms with Crippen molar-refractivity contribution < 1.29 is 4.79 Å². The van der Waals surface area contributed by atoms with Crippen LogP contribution in [0, 0.1) is 0 Å². The highest BCUT2D eigenvalue weighted by Gasteiger charge is 2.01. The molecule has 1 amide bonds. The normalized spacial score (nSPS) is 11.1. The summed E-state index contributed by atoms with van der Waals surface area (Å²) >= 11 is 0. The predicted octanol–water partition coefficient (Wildman–Crippen LogP) is 5.84. The van der Waals surface area contributed by atoms with Crippen molar-refractivity contribution in [2.75, 3.05) is 14.1 Å². The van der Waals surface area contributed by atoms with Crippen molar-refractivity contribution in [3.63, 3.8) is 0 Å². The molecule has 3 heteroatoms. The molecule has 0 radical (unpaired) electrons. The molecule has 0 saturated carbocycles. The van der Waals surface area contributed by atoms with Crippen LogP contribution in [0.4, 0.5) is 0 Å². The Balaban J connectivity index is 3.06. The van der Waals surface area contributed by atoms with Gasteiger partial charge in [0.2, 0.25) is 5.91 Å². The van der Waals surface area contributed by atoms with Gasteiger partial charge in [0.25, 0.3) is 0 Å². The van der Waals surface area contributed by atoms with Crippen molar-refractivity contribution in [1.82, 2.24) is 10.4 Å². The van der Waals surface area contributed by atoms with Crippen LogP contribution in [0.3, 0.4) is 0 Å². The number of hydrazine groups is 1. The Bertz CT molecular complexity index is 254. The molecule has 0 fully saturated rings. The number of amides is 1. The molecule has 3 nitrogen and oxygen atoms in total. The molecule has 0 spiro atoms. The Kier molecular flexibility index (Phi) is 17.3. The largest absolute Gasteiger partial charge is 0.289 e. The first-order chi connectivity index (χ1) is 11.2. The fourth-order valence-corrected chi connectivity index (χ4v) is 2.96.